The summed E-state index contributed by atoms with van der Waals surface area (Å²) in [4.78, 5) is 28.5. The summed E-state index contributed by atoms with van der Waals surface area (Å²) in [6.45, 7) is 4.43. The number of amides is 1. The van der Waals surface area contributed by atoms with E-state index in [0.29, 0.717) is 38.6 Å². The fraction of sp³-hybridized carbons (Fsp3) is 0.143. The van der Waals surface area contributed by atoms with Crippen molar-refractivity contribution in [3.05, 3.63) is 140 Å². The Morgan fingerprint density at radius 2 is 1.65 bits per heavy atom. The first-order valence-electron chi connectivity index (χ1n) is 14.2. The number of benzene rings is 4. The minimum Gasteiger partial charge on any atom is -0.507 e. The molecule has 1 unspecified atom stereocenters. The van der Waals surface area contributed by atoms with E-state index in [1.807, 2.05) is 50.2 Å². The number of aliphatic hydroxyl groups excluding tert-OH is 1. The zero-order valence-corrected chi connectivity index (χ0v) is 27.9. The molecule has 1 aliphatic rings. The van der Waals surface area contributed by atoms with E-state index in [1.54, 1.807) is 42.5 Å². The Morgan fingerprint density at radius 1 is 0.891 bits per heavy atom. The van der Waals surface area contributed by atoms with Crippen LogP contribution in [-0.4, -0.2) is 27.0 Å². The van der Waals surface area contributed by atoms with Crippen molar-refractivity contribution in [1.82, 2.24) is 10.2 Å². The molecule has 1 atom stereocenters. The fourth-order valence-electron chi connectivity index (χ4n) is 5.05. The highest BCUT2D eigenvalue weighted by molar-refractivity contribution is 8.00. The van der Waals surface area contributed by atoms with E-state index in [2.05, 4.69) is 22.3 Å². The number of Topliss-reactive ketones (excluding diaryl/α,β-unsaturated/α-hetero) is 1. The van der Waals surface area contributed by atoms with Gasteiger partial charge in [0.25, 0.3) is 5.78 Å². The van der Waals surface area contributed by atoms with Gasteiger partial charge in [0, 0.05) is 11.3 Å². The van der Waals surface area contributed by atoms with Gasteiger partial charge in [0.15, 0.2) is 4.34 Å². The highest BCUT2D eigenvalue weighted by Crippen LogP contribution is 2.45. The normalized spacial score (nSPS) is 15.8. The van der Waals surface area contributed by atoms with Gasteiger partial charge in [-0.15, -0.1) is 10.2 Å². The Kier molecular flexibility index (Phi) is 9.47. The van der Waals surface area contributed by atoms with Crippen LogP contribution in [0.1, 0.15) is 39.4 Å². The molecule has 232 valence electrons. The third kappa shape index (κ3) is 6.83. The summed E-state index contributed by atoms with van der Waals surface area (Å²) < 4.78 is 6.55. The lowest BCUT2D eigenvalue weighted by Crippen LogP contribution is -2.29. The number of carbonyl (C=O) groups excluding carboxylic acids is 2. The van der Waals surface area contributed by atoms with Gasteiger partial charge in [-0.1, -0.05) is 112 Å². The average molecular weight is 689 g/mol. The first kappa shape index (κ1) is 31.8. The summed E-state index contributed by atoms with van der Waals surface area (Å²) in [5.74, 6) is -0.765. The van der Waals surface area contributed by atoms with E-state index in [1.165, 1.54) is 33.6 Å². The van der Waals surface area contributed by atoms with Gasteiger partial charge >= 0.3 is 5.91 Å². The number of ether oxygens (including phenoxy) is 1. The Balaban J connectivity index is 1.31. The lowest BCUT2D eigenvalue weighted by Gasteiger charge is -2.23. The van der Waals surface area contributed by atoms with Gasteiger partial charge in [0.2, 0.25) is 5.13 Å². The minimum absolute atomic E-state index is 0.0964. The Hall–Kier alpha value is -4.15. The summed E-state index contributed by atoms with van der Waals surface area (Å²) in [6, 6.07) is 26.7. The van der Waals surface area contributed by atoms with E-state index in [4.69, 9.17) is 27.9 Å². The van der Waals surface area contributed by atoms with Gasteiger partial charge in [0.05, 0.1) is 21.7 Å². The Bertz CT molecular complexity index is 1960. The van der Waals surface area contributed by atoms with Crippen LogP contribution in [0.25, 0.3) is 5.76 Å². The third-order valence-corrected chi connectivity index (χ3v) is 10.3. The van der Waals surface area contributed by atoms with Crippen molar-refractivity contribution >= 4 is 68.9 Å². The van der Waals surface area contributed by atoms with Crippen LogP contribution in [0.4, 0.5) is 5.13 Å². The number of carbonyl (C=O) groups is 2. The van der Waals surface area contributed by atoms with E-state index in [9.17, 15) is 14.7 Å². The molecule has 0 spiro atoms. The third-order valence-electron chi connectivity index (χ3n) is 7.40. The maximum Gasteiger partial charge on any atom is 0.301 e. The highest BCUT2D eigenvalue weighted by Gasteiger charge is 2.48. The lowest BCUT2D eigenvalue weighted by molar-refractivity contribution is -0.132. The molecule has 0 saturated carbocycles. The highest BCUT2D eigenvalue weighted by atomic mass is 35.5. The summed E-state index contributed by atoms with van der Waals surface area (Å²) >= 11 is 15.3. The molecule has 0 bridgehead atoms. The number of nitrogens with zero attached hydrogens (tertiary/aromatic N) is 3. The zero-order valence-electron chi connectivity index (χ0n) is 24.7. The van der Waals surface area contributed by atoms with Gasteiger partial charge in [0.1, 0.15) is 18.1 Å². The van der Waals surface area contributed by atoms with Gasteiger partial charge in [-0.05, 0) is 66.9 Å². The lowest BCUT2D eigenvalue weighted by atomic mass is 9.95. The Labute approximate surface area is 284 Å². The molecule has 1 aliphatic heterocycles. The topological polar surface area (TPSA) is 92.6 Å². The average Bonchev–Trinajstić information content (AvgIpc) is 3.62. The Morgan fingerprint density at radius 3 is 2.37 bits per heavy atom. The predicted molar refractivity (Wildman–Crippen MR) is 184 cm³/mol. The van der Waals surface area contributed by atoms with E-state index in [0.717, 1.165) is 16.7 Å². The molecule has 4 aromatic carbocycles. The molecule has 5 aromatic rings. The number of hydrogen-bond donors (Lipinski definition) is 1. The maximum absolute atomic E-state index is 13.6. The second-order valence-corrected chi connectivity index (χ2v) is 13.8. The summed E-state index contributed by atoms with van der Waals surface area (Å²) in [6.07, 6.45) is 0. The molecule has 6 rings (SSSR count). The number of halogens is 2. The van der Waals surface area contributed by atoms with Crippen molar-refractivity contribution < 1.29 is 19.4 Å². The van der Waals surface area contributed by atoms with Crippen molar-refractivity contribution in [2.75, 3.05) is 4.90 Å². The predicted octanol–water partition coefficient (Wildman–Crippen LogP) is 8.96. The monoisotopic (exact) mass is 687 g/mol. The number of aromatic nitrogens is 2. The van der Waals surface area contributed by atoms with Crippen molar-refractivity contribution in [3.8, 4) is 5.75 Å². The molecule has 1 fully saturated rings. The zero-order chi connectivity index (χ0) is 32.4. The molecule has 1 aromatic heterocycles. The van der Waals surface area contributed by atoms with Crippen LogP contribution in [0.5, 0.6) is 5.75 Å². The molecule has 1 saturated heterocycles. The number of rotatable bonds is 9. The number of aliphatic hydroxyl groups is 1. The quantitative estimate of drug-likeness (QED) is 0.0544. The van der Waals surface area contributed by atoms with Crippen molar-refractivity contribution in [1.29, 1.82) is 0 Å². The van der Waals surface area contributed by atoms with E-state index < -0.39 is 17.7 Å². The summed E-state index contributed by atoms with van der Waals surface area (Å²) in [5, 5.41) is 20.9. The maximum atomic E-state index is 13.6. The van der Waals surface area contributed by atoms with Crippen LogP contribution in [0.2, 0.25) is 10.0 Å². The van der Waals surface area contributed by atoms with Crippen LogP contribution in [0, 0.1) is 13.8 Å². The number of ketones is 1. The van der Waals surface area contributed by atoms with Crippen molar-refractivity contribution in [2.24, 2.45) is 0 Å². The molecular weight excluding hydrogens is 661 g/mol. The van der Waals surface area contributed by atoms with Gasteiger partial charge in [-0.3, -0.25) is 14.5 Å². The van der Waals surface area contributed by atoms with Crippen LogP contribution in [0.3, 0.4) is 0 Å². The number of aryl methyl sites for hydroxylation is 2. The number of thioether (sulfide) groups is 1. The largest absolute Gasteiger partial charge is 0.507 e. The number of anilines is 1. The fourth-order valence-corrected chi connectivity index (χ4v) is 7.18. The molecule has 0 aliphatic carbocycles. The molecule has 46 heavy (non-hydrogen) atoms. The standard InChI is InChI=1S/C35H27Cl2N3O4S2/c1-20-6-8-22(9-7-20)19-45-35-39-38-34(46-35)40-30(25-12-15-27(36)28(37)17-25)29(32(42)33(40)43)31(41)24-10-13-26(14-11-24)44-18-23-5-3-4-21(2)16-23/h3-17,30,41H,18-19H2,1-2H3/b31-29+. The first-order valence-corrected chi connectivity index (χ1v) is 16.8. The first-order chi connectivity index (χ1) is 22.2. The summed E-state index contributed by atoms with van der Waals surface area (Å²) in [7, 11) is 0. The summed E-state index contributed by atoms with van der Waals surface area (Å²) in [5.41, 5.74) is 5.19. The van der Waals surface area contributed by atoms with Crippen LogP contribution < -0.4 is 9.64 Å². The van der Waals surface area contributed by atoms with Gasteiger partial charge in [-0.25, -0.2) is 0 Å². The van der Waals surface area contributed by atoms with Crippen LogP contribution >= 0.6 is 46.3 Å². The number of hydrogen-bond acceptors (Lipinski definition) is 8. The van der Waals surface area contributed by atoms with Gasteiger partial charge < -0.3 is 9.84 Å². The molecule has 7 nitrogen and oxygen atoms in total. The second kappa shape index (κ2) is 13.7. The van der Waals surface area contributed by atoms with E-state index in [-0.39, 0.29) is 21.5 Å². The molecule has 1 N–H and O–H groups in total. The molecule has 0 radical (unpaired) electrons. The minimum atomic E-state index is -1.02. The molecular formula is C35H27Cl2N3O4S2. The molecule has 1 amide bonds. The molecule has 11 heteroatoms. The van der Waals surface area contributed by atoms with Crippen LogP contribution in [-0.2, 0) is 21.9 Å². The van der Waals surface area contributed by atoms with Crippen molar-refractivity contribution in [3.63, 3.8) is 0 Å². The van der Waals surface area contributed by atoms with Crippen molar-refractivity contribution in [2.45, 2.75) is 36.6 Å². The molecule has 2 heterocycles. The smallest absolute Gasteiger partial charge is 0.301 e. The van der Waals surface area contributed by atoms with Gasteiger partial charge in [-0.2, -0.15) is 0 Å². The SMILES string of the molecule is Cc1ccc(CSc2nnc(N3C(=O)C(=O)/C(=C(/O)c4ccc(OCc5cccc(C)c5)cc4)C3c3ccc(Cl)c(Cl)c3)s2)cc1. The second-order valence-electron chi connectivity index (χ2n) is 10.8. The van der Waals surface area contributed by atoms with E-state index >= 15 is 0 Å². The van der Waals surface area contributed by atoms with Crippen LogP contribution in [0.15, 0.2) is 101 Å².